The molecule has 2 fully saturated rings. The number of piperazine rings is 1. The normalized spacial score (nSPS) is 22.2. The van der Waals surface area contributed by atoms with Gasteiger partial charge in [0.05, 0.1) is 7.11 Å². The summed E-state index contributed by atoms with van der Waals surface area (Å²) in [5, 5.41) is 3.37. The third-order valence-corrected chi connectivity index (χ3v) is 4.13. The Bertz CT molecular complexity index is 442. The molecule has 1 saturated carbocycles. The van der Waals surface area contributed by atoms with Crippen LogP contribution in [-0.4, -0.2) is 38.2 Å². The average molecular weight is 264 g/mol. The largest absolute Gasteiger partial charge is 0.494 e. The summed E-state index contributed by atoms with van der Waals surface area (Å²) < 4.78 is 18.9. The van der Waals surface area contributed by atoms with Gasteiger partial charge >= 0.3 is 0 Å². The lowest BCUT2D eigenvalue weighted by Gasteiger charge is -2.35. The molecule has 2 aliphatic rings. The number of hydrogen-bond acceptors (Lipinski definition) is 3. The smallest absolute Gasteiger partial charge is 0.165 e. The van der Waals surface area contributed by atoms with Crippen LogP contribution in [0.1, 0.15) is 24.4 Å². The van der Waals surface area contributed by atoms with Gasteiger partial charge in [-0.15, -0.1) is 0 Å². The zero-order valence-corrected chi connectivity index (χ0v) is 11.4. The topological polar surface area (TPSA) is 24.5 Å². The van der Waals surface area contributed by atoms with Gasteiger partial charge in [0, 0.05) is 32.2 Å². The van der Waals surface area contributed by atoms with E-state index in [1.165, 1.54) is 20.0 Å². The number of benzene rings is 1. The van der Waals surface area contributed by atoms with Gasteiger partial charge < -0.3 is 10.1 Å². The summed E-state index contributed by atoms with van der Waals surface area (Å²) in [6.45, 7) is 4.16. The SMILES string of the molecule is COc1ccc(C(C2CC2)N2CCNCC2)cc1F. The Morgan fingerprint density at radius 2 is 2.05 bits per heavy atom. The van der Waals surface area contributed by atoms with Crippen LogP contribution in [0.25, 0.3) is 0 Å². The molecule has 0 bridgehead atoms. The molecular formula is C15H21FN2O. The van der Waals surface area contributed by atoms with Crippen molar-refractivity contribution in [1.82, 2.24) is 10.2 Å². The first-order valence-corrected chi connectivity index (χ1v) is 7.08. The lowest BCUT2D eigenvalue weighted by Crippen LogP contribution is -2.45. The van der Waals surface area contributed by atoms with E-state index in [1.54, 1.807) is 12.1 Å². The highest BCUT2D eigenvalue weighted by Crippen LogP contribution is 2.45. The maximum absolute atomic E-state index is 13.9. The number of nitrogens with zero attached hydrogens (tertiary/aromatic N) is 1. The molecule has 1 N–H and O–H groups in total. The van der Waals surface area contributed by atoms with Crippen LogP contribution in [0.2, 0.25) is 0 Å². The second kappa shape index (κ2) is 5.47. The Kier molecular flexibility index (Phi) is 3.71. The van der Waals surface area contributed by atoms with E-state index in [1.807, 2.05) is 6.07 Å². The fraction of sp³-hybridized carbons (Fsp3) is 0.600. The molecule has 1 heterocycles. The van der Waals surface area contributed by atoms with Crippen molar-refractivity contribution >= 4 is 0 Å². The Balaban J connectivity index is 1.84. The van der Waals surface area contributed by atoms with Crippen LogP contribution in [-0.2, 0) is 0 Å². The highest BCUT2D eigenvalue weighted by atomic mass is 19.1. The van der Waals surface area contributed by atoms with E-state index in [2.05, 4.69) is 10.2 Å². The van der Waals surface area contributed by atoms with E-state index in [0.29, 0.717) is 17.7 Å². The fourth-order valence-electron chi connectivity index (χ4n) is 3.02. The fourth-order valence-corrected chi connectivity index (χ4v) is 3.02. The van der Waals surface area contributed by atoms with Crippen molar-refractivity contribution in [1.29, 1.82) is 0 Å². The summed E-state index contributed by atoms with van der Waals surface area (Å²) in [7, 11) is 1.51. The first-order chi connectivity index (χ1) is 9.29. The van der Waals surface area contributed by atoms with Crippen LogP contribution < -0.4 is 10.1 Å². The summed E-state index contributed by atoms with van der Waals surface area (Å²) >= 11 is 0. The second-order valence-corrected chi connectivity index (χ2v) is 5.46. The number of hydrogen-bond donors (Lipinski definition) is 1. The number of nitrogens with one attached hydrogen (secondary N) is 1. The monoisotopic (exact) mass is 264 g/mol. The van der Waals surface area contributed by atoms with Gasteiger partial charge in [-0.2, -0.15) is 0 Å². The van der Waals surface area contributed by atoms with Crippen molar-refractivity contribution in [2.45, 2.75) is 18.9 Å². The summed E-state index contributed by atoms with van der Waals surface area (Å²) in [5.41, 5.74) is 1.10. The quantitative estimate of drug-likeness (QED) is 0.902. The molecule has 3 nitrogen and oxygen atoms in total. The highest BCUT2D eigenvalue weighted by Gasteiger charge is 2.36. The molecule has 3 rings (SSSR count). The molecule has 1 aliphatic heterocycles. The van der Waals surface area contributed by atoms with Crippen molar-refractivity contribution in [3.05, 3.63) is 29.6 Å². The minimum absolute atomic E-state index is 0.249. The molecule has 1 aliphatic carbocycles. The Morgan fingerprint density at radius 3 is 2.63 bits per heavy atom. The molecule has 0 radical (unpaired) electrons. The molecule has 1 aromatic carbocycles. The van der Waals surface area contributed by atoms with E-state index < -0.39 is 0 Å². The standard InChI is InChI=1S/C15H21FN2O/c1-19-14-5-4-12(10-13(14)16)15(11-2-3-11)18-8-6-17-7-9-18/h4-5,10-11,15,17H,2-3,6-9H2,1H3. The van der Waals surface area contributed by atoms with Crippen LogP contribution in [0, 0.1) is 11.7 Å². The first-order valence-electron chi connectivity index (χ1n) is 7.08. The van der Waals surface area contributed by atoms with E-state index in [9.17, 15) is 4.39 Å². The summed E-state index contributed by atoms with van der Waals surface area (Å²) in [6, 6.07) is 5.81. The van der Waals surface area contributed by atoms with Crippen LogP contribution in [0.15, 0.2) is 18.2 Å². The second-order valence-electron chi connectivity index (χ2n) is 5.46. The molecule has 0 aromatic heterocycles. The number of methoxy groups -OCH3 is 1. The Morgan fingerprint density at radius 1 is 1.32 bits per heavy atom. The van der Waals surface area contributed by atoms with Gasteiger partial charge in [0.2, 0.25) is 0 Å². The third kappa shape index (κ3) is 2.74. The molecule has 0 amide bonds. The van der Waals surface area contributed by atoms with Gasteiger partial charge in [-0.3, -0.25) is 4.90 Å². The molecule has 104 valence electrons. The minimum atomic E-state index is -0.249. The zero-order chi connectivity index (χ0) is 13.2. The van der Waals surface area contributed by atoms with Gasteiger partial charge in [-0.1, -0.05) is 6.07 Å². The van der Waals surface area contributed by atoms with Crippen LogP contribution in [0.3, 0.4) is 0 Å². The van der Waals surface area contributed by atoms with Crippen molar-refractivity contribution in [3.8, 4) is 5.75 Å². The third-order valence-electron chi connectivity index (χ3n) is 4.13. The van der Waals surface area contributed by atoms with E-state index in [0.717, 1.165) is 31.7 Å². The lowest BCUT2D eigenvalue weighted by molar-refractivity contribution is 0.156. The Labute approximate surface area is 113 Å². The number of ether oxygens (including phenoxy) is 1. The predicted octanol–water partition coefficient (Wildman–Crippen LogP) is 2.19. The van der Waals surface area contributed by atoms with Gasteiger partial charge in [0.25, 0.3) is 0 Å². The molecule has 1 saturated heterocycles. The number of rotatable bonds is 4. The Hall–Kier alpha value is -1.13. The zero-order valence-electron chi connectivity index (χ0n) is 11.4. The first kappa shape index (κ1) is 12.9. The van der Waals surface area contributed by atoms with Crippen molar-refractivity contribution < 1.29 is 9.13 Å². The van der Waals surface area contributed by atoms with E-state index in [-0.39, 0.29) is 5.82 Å². The maximum Gasteiger partial charge on any atom is 0.165 e. The molecule has 4 heteroatoms. The van der Waals surface area contributed by atoms with Gasteiger partial charge in [0.1, 0.15) is 0 Å². The van der Waals surface area contributed by atoms with Gasteiger partial charge in [-0.05, 0) is 36.5 Å². The van der Waals surface area contributed by atoms with Gasteiger partial charge in [0.15, 0.2) is 11.6 Å². The molecule has 1 unspecified atom stereocenters. The van der Waals surface area contributed by atoms with Crippen LogP contribution >= 0.6 is 0 Å². The van der Waals surface area contributed by atoms with E-state index in [4.69, 9.17) is 4.74 Å². The van der Waals surface area contributed by atoms with E-state index >= 15 is 0 Å². The average Bonchev–Trinajstić information content (AvgIpc) is 3.25. The number of halogens is 1. The molecule has 0 spiro atoms. The predicted molar refractivity (Wildman–Crippen MR) is 72.9 cm³/mol. The highest BCUT2D eigenvalue weighted by molar-refractivity contribution is 5.32. The van der Waals surface area contributed by atoms with Crippen molar-refractivity contribution in [2.24, 2.45) is 5.92 Å². The van der Waals surface area contributed by atoms with Crippen LogP contribution in [0.4, 0.5) is 4.39 Å². The van der Waals surface area contributed by atoms with Gasteiger partial charge in [-0.25, -0.2) is 4.39 Å². The van der Waals surface area contributed by atoms with Crippen LogP contribution in [0.5, 0.6) is 5.75 Å². The maximum atomic E-state index is 13.9. The molecular weight excluding hydrogens is 243 g/mol. The van der Waals surface area contributed by atoms with Crippen molar-refractivity contribution in [2.75, 3.05) is 33.3 Å². The summed E-state index contributed by atoms with van der Waals surface area (Å²) in [5.74, 6) is 0.783. The molecule has 19 heavy (non-hydrogen) atoms. The summed E-state index contributed by atoms with van der Waals surface area (Å²) in [6.07, 6.45) is 2.53. The summed E-state index contributed by atoms with van der Waals surface area (Å²) in [4.78, 5) is 2.50. The lowest BCUT2D eigenvalue weighted by atomic mass is 9.99. The minimum Gasteiger partial charge on any atom is -0.494 e. The van der Waals surface area contributed by atoms with Crippen molar-refractivity contribution in [3.63, 3.8) is 0 Å². The molecule has 1 aromatic rings. The molecule has 1 atom stereocenters.